The Morgan fingerprint density at radius 2 is 2.11 bits per heavy atom. The number of rotatable bonds is 5. The van der Waals surface area contributed by atoms with Gasteiger partial charge in [-0.2, -0.15) is 0 Å². The average Bonchev–Trinajstić information content (AvgIpc) is 3.03. The highest BCUT2D eigenvalue weighted by Crippen LogP contribution is 2.31. The number of halogens is 1. The number of carboxylic acid groups (broad SMARTS) is 1. The number of hydrogen-bond acceptors (Lipinski definition) is 3. The van der Waals surface area contributed by atoms with E-state index in [-0.39, 0.29) is 27.9 Å². The van der Waals surface area contributed by atoms with Crippen LogP contribution in [0.5, 0.6) is 0 Å². The third kappa shape index (κ3) is 3.36. The lowest BCUT2D eigenvalue weighted by Gasteiger charge is -2.10. The largest absolute Gasteiger partial charge is 0.478 e. The summed E-state index contributed by atoms with van der Waals surface area (Å²) in [5.74, 6) is -0.987. The summed E-state index contributed by atoms with van der Waals surface area (Å²) in [6.07, 6.45) is 1.82. The molecule has 18 heavy (non-hydrogen) atoms. The minimum Gasteiger partial charge on any atom is -0.478 e. The summed E-state index contributed by atoms with van der Waals surface area (Å²) < 4.78 is 25.8. The van der Waals surface area contributed by atoms with E-state index in [1.54, 1.807) is 0 Å². The van der Waals surface area contributed by atoms with Crippen LogP contribution in [0.2, 0.25) is 5.02 Å². The minimum atomic E-state index is -3.50. The molecule has 1 aliphatic carbocycles. The van der Waals surface area contributed by atoms with Crippen molar-refractivity contribution in [2.24, 2.45) is 5.92 Å². The van der Waals surface area contributed by atoms with E-state index in [1.807, 2.05) is 0 Å². The summed E-state index contributed by atoms with van der Waals surface area (Å²) in [6.45, 7) is 0. The fraction of sp³-hybridized carbons (Fsp3) is 0.364. The van der Waals surface area contributed by atoms with Crippen LogP contribution in [0.15, 0.2) is 18.2 Å². The number of carboxylic acids is 1. The molecule has 1 fully saturated rings. The second-order valence-corrected chi connectivity index (χ2v) is 6.53. The summed E-state index contributed by atoms with van der Waals surface area (Å²) in [4.78, 5) is 11.0. The standard InChI is InChI=1S/C11H12ClNO4S/c12-8-3-4-10(9(5-8)11(14)15)13-18(16,17)6-7-1-2-7/h3-5,7,13H,1-2,6H2,(H,14,15). The first-order valence-corrected chi connectivity index (χ1v) is 7.44. The zero-order valence-corrected chi connectivity index (χ0v) is 11.0. The van der Waals surface area contributed by atoms with Crippen molar-refractivity contribution in [2.75, 3.05) is 10.5 Å². The Hall–Kier alpha value is -1.27. The fourth-order valence-corrected chi connectivity index (χ4v) is 3.31. The van der Waals surface area contributed by atoms with Crippen molar-refractivity contribution >= 4 is 33.3 Å². The van der Waals surface area contributed by atoms with Crippen LogP contribution in [0.4, 0.5) is 5.69 Å². The molecule has 98 valence electrons. The Bertz CT molecular complexity index is 581. The molecule has 1 aromatic rings. The average molecular weight is 290 g/mol. The predicted molar refractivity (Wildman–Crippen MR) is 68.5 cm³/mol. The highest BCUT2D eigenvalue weighted by atomic mass is 35.5. The van der Waals surface area contributed by atoms with Gasteiger partial charge in [0.25, 0.3) is 0 Å². The molecule has 0 aromatic heterocycles. The number of anilines is 1. The molecule has 0 bridgehead atoms. The van der Waals surface area contributed by atoms with E-state index >= 15 is 0 Å². The Morgan fingerprint density at radius 1 is 1.44 bits per heavy atom. The molecular formula is C11H12ClNO4S. The first kappa shape index (κ1) is 13.2. The van der Waals surface area contributed by atoms with Gasteiger partial charge in [-0.05, 0) is 37.0 Å². The molecular weight excluding hydrogens is 278 g/mol. The van der Waals surface area contributed by atoms with Gasteiger partial charge in [-0.1, -0.05) is 11.6 Å². The highest BCUT2D eigenvalue weighted by molar-refractivity contribution is 7.92. The summed E-state index contributed by atoms with van der Waals surface area (Å²) in [5.41, 5.74) is -0.102. The van der Waals surface area contributed by atoms with E-state index < -0.39 is 16.0 Å². The number of nitrogens with one attached hydrogen (secondary N) is 1. The van der Waals surface area contributed by atoms with Crippen molar-refractivity contribution in [3.63, 3.8) is 0 Å². The van der Waals surface area contributed by atoms with Crippen LogP contribution >= 0.6 is 11.6 Å². The minimum absolute atomic E-state index is 0.0364. The molecule has 2 rings (SSSR count). The molecule has 0 aliphatic heterocycles. The lowest BCUT2D eigenvalue weighted by molar-refractivity contribution is 0.0698. The van der Waals surface area contributed by atoms with Crippen LogP contribution in [0.3, 0.4) is 0 Å². The Balaban J connectivity index is 2.25. The molecule has 0 saturated heterocycles. The summed E-state index contributed by atoms with van der Waals surface area (Å²) >= 11 is 5.69. The maximum Gasteiger partial charge on any atom is 0.337 e. The number of carbonyl (C=O) groups is 1. The predicted octanol–water partition coefficient (Wildman–Crippen LogP) is 2.19. The van der Waals surface area contributed by atoms with Crippen LogP contribution in [-0.2, 0) is 10.0 Å². The van der Waals surface area contributed by atoms with Gasteiger partial charge in [0.1, 0.15) is 0 Å². The van der Waals surface area contributed by atoms with Gasteiger partial charge in [0.05, 0.1) is 17.0 Å². The Kier molecular flexibility index (Phi) is 3.49. The van der Waals surface area contributed by atoms with Crippen LogP contribution in [0, 0.1) is 5.92 Å². The summed E-state index contributed by atoms with van der Waals surface area (Å²) in [6, 6.07) is 4.03. The number of benzene rings is 1. The third-order valence-corrected chi connectivity index (χ3v) is 4.31. The second kappa shape index (κ2) is 4.78. The number of aromatic carboxylic acids is 1. The van der Waals surface area contributed by atoms with Crippen molar-refractivity contribution in [2.45, 2.75) is 12.8 Å². The van der Waals surface area contributed by atoms with Crippen molar-refractivity contribution in [1.29, 1.82) is 0 Å². The summed E-state index contributed by atoms with van der Waals surface area (Å²) in [5, 5.41) is 9.24. The molecule has 5 nitrogen and oxygen atoms in total. The van der Waals surface area contributed by atoms with Gasteiger partial charge in [-0.25, -0.2) is 13.2 Å². The van der Waals surface area contributed by atoms with E-state index in [1.165, 1.54) is 18.2 Å². The van der Waals surface area contributed by atoms with Crippen LogP contribution in [-0.4, -0.2) is 25.2 Å². The van der Waals surface area contributed by atoms with Crippen molar-refractivity contribution in [1.82, 2.24) is 0 Å². The van der Waals surface area contributed by atoms with Gasteiger partial charge >= 0.3 is 5.97 Å². The van der Waals surface area contributed by atoms with E-state index in [4.69, 9.17) is 16.7 Å². The third-order valence-electron chi connectivity index (χ3n) is 2.63. The topological polar surface area (TPSA) is 83.5 Å². The lowest BCUT2D eigenvalue weighted by atomic mass is 10.2. The molecule has 0 amide bonds. The van der Waals surface area contributed by atoms with E-state index in [9.17, 15) is 13.2 Å². The zero-order valence-electron chi connectivity index (χ0n) is 9.39. The SMILES string of the molecule is O=C(O)c1cc(Cl)ccc1NS(=O)(=O)CC1CC1. The molecule has 0 atom stereocenters. The summed E-state index contributed by atoms with van der Waals surface area (Å²) in [7, 11) is -3.50. The van der Waals surface area contributed by atoms with Gasteiger partial charge in [0, 0.05) is 5.02 Å². The van der Waals surface area contributed by atoms with E-state index in [2.05, 4.69) is 4.72 Å². The number of hydrogen-bond donors (Lipinski definition) is 2. The van der Waals surface area contributed by atoms with Gasteiger partial charge in [0.15, 0.2) is 0 Å². The molecule has 0 unspecified atom stereocenters. The van der Waals surface area contributed by atoms with Gasteiger partial charge < -0.3 is 5.11 Å². The maximum absolute atomic E-state index is 11.8. The molecule has 0 heterocycles. The van der Waals surface area contributed by atoms with Crippen LogP contribution in [0.25, 0.3) is 0 Å². The van der Waals surface area contributed by atoms with Crippen LogP contribution < -0.4 is 4.72 Å². The smallest absolute Gasteiger partial charge is 0.337 e. The molecule has 7 heteroatoms. The molecule has 2 N–H and O–H groups in total. The molecule has 0 spiro atoms. The van der Waals surface area contributed by atoms with Gasteiger partial charge in [-0.15, -0.1) is 0 Å². The molecule has 1 aromatic carbocycles. The maximum atomic E-state index is 11.8. The monoisotopic (exact) mass is 289 g/mol. The molecule has 1 aliphatic rings. The quantitative estimate of drug-likeness (QED) is 0.870. The lowest BCUT2D eigenvalue weighted by Crippen LogP contribution is -2.19. The van der Waals surface area contributed by atoms with Crippen molar-refractivity contribution in [3.05, 3.63) is 28.8 Å². The molecule has 0 radical (unpaired) electrons. The van der Waals surface area contributed by atoms with E-state index in [0.717, 1.165) is 12.8 Å². The zero-order chi connectivity index (χ0) is 13.3. The highest BCUT2D eigenvalue weighted by Gasteiger charge is 2.28. The molecule has 1 saturated carbocycles. The Morgan fingerprint density at radius 3 is 2.67 bits per heavy atom. The van der Waals surface area contributed by atoms with Crippen LogP contribution in [0.1, 0.15) is 23.2 Å². The number of sulfonamides is 1. The first-order chi connectivity index (χ1) is 8.37. The Labute approximate surface area is 110 Å². The van der Waals surface area contributed by atoms with Gasteiger partial charge in [-0.3, -0.25) is 4.72 Å². The van der Waals surface area contributed by atoms with Crippen molar-refractivity contribution in [3.8, 4) is 0 Å². The normalized spacial score (nSPS) is 15.4. The fourth-order valence-electron chi connectivity index (χ4n) is 1.59. The van der Waals surface area contributed by atoms with Crippen molar-refractivity contribution < 1.29 is 18.3 Å². The second-order valence-electron chi connectivity index (χ2n) is 4.32. The van der Waals surface area contributed by atoms with Gasteiger partial charge in [0.2, 0.25) is 10.0 Å². The van der Waals surface area contributed by atoms with E-state index in [0.29, 0.717) is 0 Å². The first-order valence-electron chi connectivity index (χ1n) is 5.41.